The number of aromatic nitrogens is 3. The number of carbonyl (C=O) groups is 1. The summed E-state index contributed by atoms with van der Waals surface area (Å²) in [7, 11) is 0. The molecule has 1 aromatic heterocycles. The van der Waals surface area contributed by atoms with Gasteiger partial charge in [0, 0.05) is 24.2 Å². The highest BCUT2D eigenvalue weighted by Gasteiger charge is 2.25. The third kappa shape index (κ3) is 4.62. The molecule has 3 aromatic carbocycles. The quantitative estimate of drug-likeness (QED) is 0.412. The summed E-state index contributed by atoms with van der Waals surface area (Å²) < 4.78 is 21.3. The van der Waals surface area contributed by atoms with Gasteiger partial charge in [-0.15, -0.1) is 10.2 Å². The average Bonchev–Trinajstić information content (AvgIpc) is 3.28. The number of rotatable bonds is 6. The largest absolute Gasteiger partial charge is 0.378 e. The lowest BCUT2D eigenvalue weighted by Crippen LogP contribution is -2.38. The lowest BCUT2D eigenvalue weighted by molar-refractivity contribution is -0.115. The van der Waals surface area contributed by atoms with Crippen molar-refractivity contribution in [2.24, 2.45) is 0 Å². The van der Waals surface area contributed by atoms with Crippen LogP contribution in [0, 0.1) is 5.82 Å². The topological polar surface area (TPSA) is 72.3 Å². The molecule has 4 aromatic rings. The molecule has 5 rings (SSSR count). The predicted molar refractivity (Wildman–Crippen MR) is 132 cm³/mol. The van der Waals surface area contributed by atoms with Gasteiger partial charge < -0.3 is 15.0 Å². The molecule has 1 saturated heterocycles. The first-order chi connectivity index (χ1) is 16.6. The van der Waals surface area contributed by atoms with Gasteiger partial charge in [-0.3, -0.25) is 9.36 Å². The van der Waals surface area contributed by atoms with Crippen LogP contribution in [0.3, 0.4) is 0 Å². The minimum absolute atomic E-state index is 0.150. The van der Waals surface area contributed by atoms with Crippen molar-refractivity contribution in [1.82, 2.24) is 14.8 Å². The van der Waals surface area contributed by atoms with Gasteiger partial charge in [-0.05, 0) is 36.6 Å². The number of nitrogens with zero attached hydrogens (tertiary/aromatic N) is 4. The normalized spacial score (nSPS) is 14.8. The van der Waals surface area contributed by atoms with E-state index < -0.39 is 5.25 Å². The highest BCUT2D eigenvalue weighted by molar-refractivity contribution is 8.00. The summed E-state index contributed by atoms with van der Waals surface area (Å²) in [6.45, 7) is 4.32. The molecular formula is C25H24FN5O2S. The lowest BCUT2D eigenvalue weighted by Gasteiger charge is -2.28. The SMILES string of the molecule is CC(Sc1nnc(N2CCOCC2)n1-c1cccc(F)c1)C(=O)Nc1cccc2ccccc12. The number of anilines is 2. The van der Waals surface area contributed by atoms with Gasteiger partial charge in [0.1, 0.15) is 5.82 Å². The minimum Gasteiger partial charge on any atom is -0.378 e. The number of carbonyl (C=O) groups excluding carboxylic acids is 1. The van der Waals surface area contributed by atoms with Crippen LogP contribution in [0.4, 0.5) is 16.0 Å². The number of hydrogen-bond donors (Lipinski definition) is 1. The molecule has 1 N–H and O–H groups in total. The Morgan fingerprint density at radius 2 is 1.82 bits per heavy atom. The summed E-state index contributed by atoms with van der Waals surface area (Å²) in [5, 5.41) is 13.9. The first-order valence-electron chi connectivity index (χ1n) is 11.1. The maximum absolute atomic E-state index is 14.1. The molecule has 2 heterocycles. The molecule has 34 heavy (non-hydrogen) atoms. The molecular weight excluding hydrogens is 453 g/mol. The molecule has 0 spiro atoms. The zero-order chi connectivity index (χ0) is 23.5. The van der Waals surface area contributed by atoms with E-state index in [0.717, 1.165) is 16.5 Å². The Labute approximate surface area is 200 Å². The highest BCUT2D eigenvalue weighted by atomic mass is 32.2. The Bertz CT molecular complexity index is 1320. The van der Waals surface area contributed by atoms with Gasteiger partial charge in [-0.1, -0.05) is 54.2 Å². The number of halogens is 1. The van der Waals surface area contributed by atoms with Crippen LogP contribution in [0.1, 0.15) is 6.92 Å². The van der Waals surface area contributed by atoms with Crippen molar-refractivity contribution < 1.29 is 13.9 Å². The Balaban J connectivity index is 1.42. The average molecular weight is 478 g/mol. The van der Waals surface area contributed by atoms with Gasteiger partial charge >= 0.3 is 0 Å². The molecule has 1 unspecified atom stereocenters. The zero-order valence-corrected chi connectivity index (χ0v) is 19.5. The summed E-state index contributed by atoms with van der Waals surface area (Å²) in [5.74, 6) is 0.109. The molecule has 0 radical (unpaired) electrons. The van der Waals surface area contributed by atoms with Gasteiger partial charge in [-0.2, -0.15) is 0 Å². The van der Waals surface area contributed by atoms with E-state index in [0.29, 0.717) is 43.1 Å². The van der Waals surface area contributed by atoms with E-state index in [2.05, 4.69) is 20.4 Å². The van der Waals surface area contributed by atoms with Crippen LogP contribution in [-0.2, 0) is 9.53 Å². The number of morpholine rings is 1. The van der Waals surface area contributed by atoms with Gasteiger partial charge in [0.15, 0.2) is 5.16 Å². The lowest BCUT2D eigenvalue weighted by atomic mass is 10.1. The molecule has 7 nitrogen and oxygen atoms in total. The second-order valence-electron chi connectivity index (χ2n) is 7.97. The van der Waals surface area contributed by atoms with Crippen LogP contribution in [0.2, 0.25) is 0 Å². The fraction of sp³-hybridized carbons (Fsp3) is 0.240. The van der Waals surface area contributed by atoms with Crippen LogP contribution in [0.15, 0.2) is 71.9 Å². The molecule has 1 fully saturated rings. The van der Waals surface area contributed by atoms with Crippen molar-refractivity contribution in [3.05, 3.63) is 72.5 Å². The molecule has 0 bridgehead atoms. The molecule has 1 aliphatic heterocycles. The number of ether oxygens (including phenoxy) is 1. The number of hydrogen-bond acceptors (Lipinski definition) is 6. The summed E-state index contributed by atoms with van der Waals surface area (Å²) in [5.41, 5.74) is 1.37. The number of benzene rings is 3. The Morgan fingerprint density at radius 1 is 1.06 bits per heavy atom. The van der Waals surface area contributed by atoms with Crippen LogP contribution in [0.5, 0.6) is 0 Å². The Morgan fingerprint density at radius 3 is 2.65 bits per heavy atom. The molecule has 1 atom stereocenters. The second kappa shape index (κ2) is 9.82. The molecule has 9 heteroatoms. The van der Waals surface area contributed by atoms with Crippen molar-refractivity contribution in [1.29, 1.82) is 0 Å². The number of nitrogens with one attached hydrogen (secondary N) is 1. The number of amides is 1. The van der Waals surface area contributed by atoms with Gasteiger partial charge in [0.05, 0.1) is 24.2 Å². The zero-order valence-electron chi connectivity index (χ0n) is 18.6. The molecule has 1 amide bonds. The molecule has 0 aliphatic carbocycles. The number of fused-ring (bicyclic) bond motifs is 1. The molecule has 0 saturated carbocycles. The van der Waals surface area contributed by atoms with Crippen molar-refractivity contribution in [3.63, 3.8) is 0 Å². The van der Waals surface area contributed by atoms with E-state index >= 15 is 0 Å². The maximum Gasteiger partial charge on any atom is 0.237 e. The summed E-state index contributed by atoms with van der Waals surface area (Å²) >= 11 is 1.29. The third-order valence-corrected chi connectivity index (χ3v) is 6.72. The van der Waals surface area contributed by atoms with Crippen LogP contribution >= 0.6 is 11.8 Å². The Kier molecular flexibility index (Phi) is 6.46. The predicted octanol–water partition coefficient (Wildman–Crippen LogP) is 4.52. The standard InChI is InChI=1S/C25H24FN5O2S/c1-17(23(32)27-22-11-4-7-18-6-2-3-10-21(18)22)34-25-29-28-24(30-12-14-33-15-13-30)31(25)20-9-5-8-19(26)16-20/h2-11,16-17H,12-15H2,1H3,(H,27,32). The third-order valence-electron chi connectivity index (χ3n) is 5.68. The van der Waals surface area contributed by atoms with E-state index in [9.17, 15) is 9.18 Å². The van der Waals surface area contributed by atoms with E-state index in [-0.39, 0.29) is 11.7 Å². The maximum atomic E-state index is 14.1. The second-order valence-corrected chi connectivity index (χ2v) is 9.28. The summed E-state index contributed by atoms with van der Waals surface area (Å²) in [6.07, 6.45) is 0. The van der Waals surface area contributed by atoms with E-state index in [1.54, 1.807) is 16.7 Å². The molecule has 174 valence electrons. The van der Waals surface area contributed by atoms with Crippen LogP contribution < -0.4 is 10.2 Å². The van der Waals surface area contributed by atoms with Gasteiger partial charge in [0.2, 0.25) is 11.9 Å². The van der Waals surface area contributed by atoms with Crippen molar-refractivity contribution in [3.8, 4) is 5.69 Å². The molecule has 1 aliphatic rings. The van der Waals surface area contributed by atoms with E-state index in [4.69, 9.17) is 4.74 Å². The first kappa shape index (κ1) is 22.4. The smallest absolute Gasteiger partial charge is 0.237 e. The van der Waals surface area contributed by atoms with E-state index in [1.807, 2.05) is 49.4 Å². The highest BCUT2D eigenvalue weighted by Crippen LogP contribution is 2.31. The van der Waals surface area contributed by atoms with Crippen LogP contribution in [-0.4, -0.2) is 52.2 Å². The first-order valence-corrected chi connectivity index (χ1v) is 12.0. The fourth-order valence-corrected chi connectivity index (χ4v) is 4.79. The van der Waals surface area contributed by atoms with Gasteiger partial charge in [-0.25, -0.2) is 4.39 Å². The Hall–Kier alpha value is -3.43. The van der Waals surface area contributed by atoms with Crippen molar-refractivity contribution >= 4 is 40.1 Å². The summed E-state index contributed by atoms with van der Waals surface area (Å²) in [6, 6.07) is 20.0. The fourth-order valence-electron chi connectivity index (χ4n) is 3.93. The summed E-state index contributed by atoms with van der Waals surface area (Å²) in [4.78, 5) is 15.2. The van der Waals surface area contributed by atoms with Gasteiger partial charge in [0.25, 0.3) is 0 Å². The van der Waals surface area contributed by atoms with Crippen molar-refractivity contribution in [2.45, 2.75) is 17.3 Å². The number of thioether (sulfide) groups is 1. The monoisotopic (exact) mass is 477 g/mol. The van der Waals surface area contributed by atoms with Crippen molar-refractivity contribution in [2.75, 3.05) is 36.5 Å². The minimum atomic E-state index is -0.465. The van der Waals surface area contributed by atoms with Crippen LogP contribution in [0.25, 0.3) is 16.5 Å². The van der Waals surface area contributed by atoms with E-state index in [1.165, 1.54) is 23.9 Å².